The second-order valence-corrected chi connectivity index (χ2v) is 8.45. The van der Waals surface area contributed by atoms with Crippen molar-refractivity contribution < 1.29 is 30.6 Å². The molecule has 1 aliphatic rings. The highest BCUT2D eigenvalue weighted by molar-refractivity contribution is 5.93. The van der Waals surface area contributed by atoms with Crippen molar-refractivity contribution in [2.45, 2.75) is 11.8 Å². The molecule has 170 valence electrons. The Morgan fingerprint density at radius 3 is 1.68 bits per heavy atom. The molecule has 4 aromatic rings. The van der Waals surface area contributed by atoms with Gasteiger partial charge in [-0.1, -0.05) is 30.3 Å². The van der Waals surface area contributed by atoms with Crippen LogP contribution >= 0.6 is 0 Å². The second kappa shape index (κ2) is 8.08. The Morgan fingerprint density at radius 2 is 1.06 bits per heavy atom. The molecular weight excluding hydrogens is 432 g/mol. The average Bonchev–Trinajstić information content (AvgIpc) is 3.09. The summed E-state index contributed by atoms with van der Waals surface area (Å²) in [5, 5.41) is 61.2. The Bertz CT molecular complexity index is 1380. The Labute approximate surface area is 195 Å². The predicted molar refractivity (Wildman–Crippen MR) is 128 cm³/mol. The minimum absolute atomic E-state index is 0.0865. The van der Waals surface area contributed by atoms with Crippen LogP contribution in [0.15, 0.2) is 78.9 Å². The standard InChI is InChI=1S/C28H22O6/c29-18-5-1-15(2-6-18)9-23-24-13-22(33)14-25(34)28(24)27(16-3-7-19(30)8-4-16)26(23)17-10-20(31)12-21(32)11-17/h1-14,26-27,29-34H/b23-9-/t26-,27?/m0/s1. The molecule has 4 aromatic carbocycles. The van der Waals surface area contributed by atoms with E-state index in [2.05, 4.69) is 0 Å². The molecular formula is C28H22O6. The Hall–Kier alpha value is -4.58. The highest BCUT2D eigenvalue weighted by atomic mass is 16.3. The molecule has 0 spiro atoms. The van der Waals surface area contributed by atoms with Gasteiger partial charge in [-0.2, -0.15) is 0 Å². The highest BCUT2D eigenvalue weighted by Gasteiger charge is 2.41. The van der Waals surface area contributed by atoms with Crippen molar-refractivity contribution in [3.05, 3.63) is 107 Å². The van der Waals surface area contributed by atoms with E-state index in [9.17, 15) is 30.6 Å². The van der Waals surface area contributed by atoms with E-state index < -0.39 is 11.8 Å². The van der Waals surface area contributed by atoms with Gasteiger partial charge < -0.3 is 30.6 Å². The van der Waals surface area contributed by atoms with Crippen molar-refractivity contribution >= 4 is 11.6 Å². The maximum atomic E-state index is 10.9. The van der Waals surface area contributed by atoms with Gasteiger partial charge in [0.1, 0.15) is 34.5 Å². The number of hydrogen-bond donors (Lipinski definition) is 6. The number of aromatic hydroxyl groups is 6. The first-order valence-corrected chi connectivity index (χ1v) is 10.7. The maximum absolute atomic E-state index is 10.9. The lowest BCUT2D eigenvalue weighted by Crippen LogP contribution is -2.08. The molecule has 0 saturated heterocycles. The third-order valence-electron chi connectivity index (χ3n) is 6.18. The van der Waals surface area contributed by atoms with Gasteiger partial charge >= 0.3 is 0 Å². The normalized spacial score (nSPS) is 18.2. The van der Waals surface area contributed by atoms with E-state index in [1.165, 1.54) is 12.1 Å². The van der Waals surface area contributed by atoms with Gasteiger partial charge in [-0.3, -0.25) is 0 Å². The lowest BCUT2D eigenvalue weighted by molar-refractivity contribution is 0.444. The lowest BCUT2D eigenvalue weighted by Gasteiger charge is -2.23. The van der Waals surface area contributed by atoms with E-state index in [1.807, 2.05) is 6.08 Å². The van der Waals surface area contributed by atoms with Crippen molar-refractivity contribution in [1.82, 2.24) is 0 Å². The summed E-state index contributed by atoms with van der Waals surface area (Å²) in [6.07, 6.45) is 1.89. The SMILES string of the molecule is Oc1ccc(/C=C2/c3cc(O)cc(O)c3C(c3ccc(O)cc3)[C@H]2c2cc(O)cc(O)c2)cc1. The lowest BCUT2D eigenvalue weighted by atomic mass is 9.79. The highest BCUT2D eigenvalue weighted by Crippen LogP contribution is 2.58. The molecule has 0 aromatic heterocycles. The van der Waals surface area contributed by atoms with E-state index in [0.717, 1.165) is 16.7 Å². The minimum atomic E-state index is -0.459. The van der Waals surface area contributed by atoms with Crippen LogP contribution < -0.4 is 0 Å². The molecule has 6 N–H and O–H groups in total. The zero-order valence-corrected chi connectivity index (χ0v) is 17.9. The summed E-state index contributed by atoms with van der Waals surface area (Å²) in [7, 11) is 0. The smallest absolute Gasteiger partial charge is 0.123 e. The molecule has 6 nitrogen and oxygen atoms in total. The van der Waals surface area contributed by atoms with Gasteiger partial charge in [-0.15, -0.1) is 0 Å². The molecule has 0 bridgehead atoms. The summed E-state index contributed by atoms with van der Waals surface area (Å²) in [4.78, 5) is 0. The van der Waals surface area contributed by atoms with Crippen molar-refractivity contribution in [2.75, 3.05) is 0 Å². The number of benzene rings is 4. The van der Waals surface area contributed by atoms with Crippen LogP contribution in [0.2, 0.25) is 0 Å². The number of allylic oxidation sites excluding steroid dienone is 1. The molecule has 34 heavy (non-hydrogen) atoms. The Kier molecular flexibility index (Phi) is 5.06. The average molecular weight is 454 g/mol. The molecule has 0 saturated carbocycles. The van der Waals surface area contributed by atoms with Gasteiger partial charge in [0, 0.05) is 29.5 Å². The summed E-state index contributed by atoms with van der Waals surface area (Å²) in [6, 6.07) is 20.5. The second-order valence-electron chi connectivity index (χ2n) is 8.45. The molecule has 0 aliphatic heterocycles. The molecule has 1 aliphatic carbocycles. The van der Waals surface area contributed by atoms with Gasteiger partial charge in [-0.25, -0.2) is 0 Å². The predicted octanol–water partition coefficient (Wildman–Crippen LogP) is 5.39. The van der Waals surface area contributed by atoms with E-state index in [-0.39, 0.29) is 34.5 Å². The number of hydrogen-bond acceptors (Lipinski definition) is 6. The van der Waals surface area contributed by atoms with Gasteiger partial charge in [0.25, 0.3) is 0 Å². The molecule has 0 radical (unpaired) electrons. The first kappa shape index (κ1) is 21.3. The molecule has 5 rings (SSSR count). The fourth-order valence-electron chi connectivity index (χ4n) is 4.83. The van der Waals surface area contributed by atoms with Gasteiger partial charge in [0.05, 0.1) is 0 Å². The van der Waals surface area contributed by atoms with E-state index in [0.29, 0.717) is 16.7 Å². The minimum Gasteiger partial charge on any atom is -0.508 e. The van der Waals surface area contributed by atoms with Crippen LogP contribution in [0, 0.1) is 0 Å². The van der Waals surface area contributed by atoms with Gasteiger partial charge in [-0.05, 0) is 70.3 Å². The third kappa shape index (κ3) is 3.75. The van der Waals surface area contributed by atoms with Crippen LogP contribution in [0.3, 0.4) is 0 Å². The first-order chi connectivity index (χ1) is 16.3. The molecule has 2 atom stereocenters. The van der Waals surface area contributed by atoms with Crippen molar-refractivity contribution in [3.8, 4) is 34.5 Å². The number of fused-ring (bicyclic) bond motifs is 1. The summed E-state index contributed by atoms with van der Waals surface area (Å²) in [6.45, 7) is 0. The summed E-state index contributed by atoms with van der Waals surface area (Å²) < 4.78 is 0. The van der Waals surface area contributed by atoms with E-state index in [1.54, 1.807) is 66.7 Å². The molecule has 6 heteroatoms. The Balaban J connectivity index is 1.82. The van der Waals surface area contributed by atoms with Crippen LogP contribution in [0.1, 0.15) is 39.7 Å². The third-order valence-corrected chi connectivity index (χ3v) is 6.18. The summed E-state index contributed by atoms with van der Waals surface area (Å²) in [5.74, 6) is -1.07. The van der Waals surface area contributed by atoms with Crippen LogP contribution in [-0.2, 0) is 0 Å². The molecule has 0 fully saturated rings. The van der Waals surface area contributed by atoms with Crippen molar-refractivity contribution in [1.29, 1.82) is 0 Å². The van der Waals surface area contributed by atoms with Crippen LogP contribution in [0.25, 0.3) is 11.6 Å². The Morgan fingerprint density at radius 1 is 0.500 bits per heavy atom. The number of phenols is 6. The zero-order chi connectivity index (χ0) is 24.0. The first-order valence-electron chi connectivity index (χ1n) is 10.7. The van der Waals surface area contributed by atoms with Gasteiger partial charge in [0.2, 0.25) is 0 Å². The number of phenolic OH excluding ortho intramolecular Hbond substituents is 6. The summed E-state index contributed by atoms with van der Waals surface area (Å²) >= 11 is 0. The van der Waals surface area contributed by atoms with Crippen LogP contribution in [0.4, 0.5) is 0 Å². The van der Waals surface area contributed by atoms with Crippen molar-refractivity contribution in [3.63, 3.8) is 0 Å². The fraction of sp³-hybridized carbons (Fsp3) is 0.0714. The van der Waals surface area contributed by atoms with Crippen LogP contribution in [-0.4, -0.2) is 30.6 Å². The molecule has 0 amide bonds. The van der Waals surface area contributed by atoms with E-state index in [4.69, 9.17) is 0 Å². The number of rotatable bonds is 3. The molecule has 1 unspecified atom stereocenters. The quantitative estimate of drug-likeness (QED) is 0.247. The molecule has 0 heterocycles. The summed E-state index contributed by atoms with van der Waals surface area (Å²) in [5.41, 5.74) is 4.13. The maximum Gasteiger partial charge on any atom is 0.123 e. The zero-order valence-electron chi connectivity index (χ0n) is 17.9. The largest absolute Gasteiger partial charge is 0.508 e. The van der Waals surface area contributed by atoms with Gasteiger partial charge in [0.15, 0.2) is 0 Å². The fourth-order valence-corrected chi connectivity index (χ4v) is 4.83. The topological polar surface area (TPSA) is 121 Å². The van der Waals surface area contributed by atoms with E-state index >= 15 is 0 Å². The van der Waals surface area contributed by atoms with Crippen molar-refractivity contribution in [2.24, 2.45) is 0 Å². The van der Waals surface area contributed by atoms with Crippen LogP contribution in [0.5, 0.6) is 34.5 Å². The monoisotopic (exact) mass is 454 g/mol.